The zero-order chi connectivity index (χ0) is 14.5. The Morgan fingerprint density at radius 3 is 2.65 bits per heavy atom. The van der Waals surface area contributed by atoms with Crippen molar-refractivity contribution in [2.24, 2.45) is 5.10 Å². The number of furan rings is 1. The Bertz CT molecular complexity index is 673. The minimum Gasteiger partial charge on any atom is -0.478 e. The van der Waals surface area contributed by atoms with Crippen molar-refractivity contribution in [2.75, 3.05) is 0 Å². The molecule has 0 aliphatic rings. The highest BCUT2D eigenvalue weighted by Crippen LogP contribution is 2.08. The Hall–Kier alpha value is -2.89. The number of carbonyl (C=O) groups is 2. The van der Waals surface area contributed by atoms with E-state index < -0.39 is 11.9 Å². The summed E-state index contributed by atoms with van der Waals surface area (Å²) in [5, 5.41) is 12.8. The summed E-state index contributed by atoms with van der Waals surface area (Å²) < 4.78 is 5.01. The number of hydrogen-bond acceptors (Lipinski definition) is 4. The fraction of sp³-hybridized carbons (Fsp3) is 0.0714. The number of carbonyl (C=O) groups excluding carboxylic acids is 1. The third-order valence-corrected chi connectivity index (χ3v) is 2.66. The topological polar surface area (TPSA) is 91.9 Å². The van der Waals surface area contributed by atoms with Crippen LogP contribution in [0.1, 0.15) is 32.0 Å². The van der Waals surface area contributed by atoms with Crippen LogP contribution in [-0.2, 0) is 0 Å². The van der Waals surface area contributed by atoms with Crippen LogP contribution in [0.2, 0.25) is 0 Å². The average molecular weight is 272 g/mol. The van der Waals surface area contributed by atoms with Crippen LogP contribution in [0, 0.1) is 6.92 Å². The van der Waals surface area contributed by atoms with Gasteiger partial charge in [0.1, 0.15) is 5.76 Å². The first kappa shape index (κ1) is 13.5. The first-order chi connectivity index (χ1) is 9.59. The van der Waals surface area contributed by atoms with E-state index in [9.17, 15) is 9.59 Å². The van der Waals surface area contributed by atoms with E-state index in [1.807, 2.05) is 0 Å². The minimum absolute atomic E-state index is 0.116. The lowest BCUT2D eigenvalue weighted by atomic mass is 10.1. The third-order valence-electron chi connectivity index (χ3n) is 2.66. The van der Waals surface area contributed by atoms with Crippen LogP contribution in [0.4, 0.5) is 0 Å². The lowest BCUT2D eigenvalue weighted by molar-refractivity contribution is 0.0696. The molecule has 0 radical (unpaired) electrons. The average Bonchev–Trinajstić information content (AvgIpc) is 2.85. The van der Waals surface area contributed by atoms with Crippen molar-refractivity contribution in [2.45, 2.75) is 6.92 Å². The molecule has 0 saturated heterocycles. The molecule has 0 unspecified atom stereocenters. The Morgan fingerprint density at radius 1 is 1.25 bits per heavy atom. The summed E-state index contributed by atoms with van der Waals surface area (Å²) in [5.41, 5.74) is 3.22. The van der Waals surface area contributed by atoms with Gasteiger partial charge < -0.3 is 9.52 Å². The van der Waals surface area contributed by atoms with E-state index in [0.29, 0.717) is 16.9 Å². The molecule has 0 fully saturated rings. The van der Waals surface area contributed by atoms with Gasteiger partial charge in [-0.15, -0.1) is 0 Å². The zero-order valence-corrected chi connectivity index (χ0v) is 10.7. The zero-order valence-electron chi connectivity index (χ0n) is 10.7. The van der Waals surface area contributed by atoms with Crippen LogP contribution in [0.5, 0.6) is 0 Å². The number of aromatic carboxylic acids is 1. The fourth-order valence-electron chi connectivity index (χ4n) is 1.65. The molecule has 0 aliphatic carbocycles. The first-order valence-electron chi connectivity index (χ1n) is 5.79. The number of carboxylic acid groups (broad SMARTS) is 1. The summed E-state index contributed by atoms with van der Waals surface area (Å²) in [6.07, 6.45) is 2.70. The molecule has 0 spiro atoms. The van der Waals surface area contributed by atoms with Gasteiger partial charge >= 0.3 is 5.97 Å². The number of nitrogens with one attached hydrogen (secondary N) is 1. The molecule has 102 valence electrons. The number of benzene rings is 1. The molecule has 20 heavy (non-hydrogen) atoms. The van der Waals surface area contributed by atoms with Gasteiger partial charge in [0.2, 0.25) is 0 Å². The Labute approximate surface area is 114 Å². The molecule has 0 saturated carbocycles. The first-order valence-corrected chi connectivity index (χ1v) is 5.79. The molecule has 1 heterocycles. The lowest BCUT2D eigenvalue weighted by Gasteiger charge is -2.00. The largest absolute Gasteiger partial charge is 0.478 e. The maximum atomic E-state index is 11.7. The van der Waals surface area contributed by atoms with Gasteiger partial charge in [0, 0.05) is 5.56 Å². The van der Waals surface area contributed by atoms with Gasteiger partial charge in [0.25, 0.3) is 5.91 Å². The van der Waals surface area contributed by atoms with E-state index in [2.05, 4.69) is 10.5 Å². The molecule has 1 aromatic heterocycles. The molecule has 2 rings (SSSR count). The number of hydrogen-bond donors (Lipinski definition) is 2. The van der Waals surface area contributed by atoms with E-state index >= 15 is 0 Å². The number of rotatable bonds is 4. The molecule has 6 heteroatoms. The molecule has 0 atom stereocenters. The summed E-state index contributed by atoms with van der Waals surface area (Å²) in [4.78, 5) is 22.7. The SMILES string of the molecule is Cc1occc1C(=O)N/N=C\c1ccccc1C(=O)O. The van der Waals surface area contributed by atoms with E-state index in [-0.39, 0.29) is 5.56 Å². The summed E-state index contributed by atoms with van der Waals surface area (Å²) in [7, 11) is 0. The van der Waals surface area contributed by atoms with Crippen molar-refractivity contribution in [3.05, 3.63) is 59.0 Å². The Kier molecular flexibility index (Phi) is 3.95. The lowest BCUT2D eigenvalue weighted by Crippen LogP contribution is -2.18. The number of amides is 1. The second kappa shape index (κ2) is 5.83. The number of aryl methyl sites for hydroxylation is 1. The van der Waals surface area contributed by atoms with Crippen molar-refractivity contribution in [3.63, 3.8) is 0 Å². The number of carboxylic acids is 1. The van der Waals surface area contributed by atoms with Crippen molar-refractivity contribution in [1.82, 2.24) is 5.43 Å². The maximum absolute atomic E-state index is 11.7. The van der Waals surface area contributed by atoms with Crippen molar-refractivity contribution in [3.8, 4) is 0 Å². The van der Waals surface area contributed by atoms with Crippen molar-refractivity contribution < 1.29 is 19.1 Å². The van der Waals surface area contributed by atoms with Crippen LogP contribution in [0.3, 0.4) is 0 Å². The second-order valence-corrected chi connectivity index (χ2v) is 3.98. The van der Waals surface area contributed by atoms with Gasteiger partial charge in [-0.05, 0) is 19.1 Å². The van der Waals surface area contributed by atoms with Crippen molar-refractivity contribution >= 4 is 18.1 Å². The predicted octanol–water partition coefficient (Wildman–Crippen LogP) is 2.05. The fourth-order valence-corrected chi connectivity index (χ4v) is 1.65. The normalized spacial score (nSPS) is 10.7. The smallest absolute Gasteiger partial charge is 0.336 e. The van der Waals surface area contributed by atoms with E-state index in [1.165, 1.54) is 24.6 Å². The minimum atomic E-state index is -1.05. The number of hydrazone groups is 1. The third kappa shape index (κ3) is 2.92. The number of nitrogens with zero attached hydrogens (tertiary/aromatic N) is 1. The highest BCUT2D eigenvalue weighted by Gasteiger charge is 2.10. The summed E-state index contributed by atoms with van der Waals surface area (Å²) in [6.45, 7) is 1.67. The standard InChI is InChI=1S/C14H12N2O4/c1-9-11(6-7-20-9)13(17)16-15-8-10-4-2-3-5-12(10)14(18)19/h2-8H,1H3,(H,16,17)(H,18,19)/b15-8-. The van der Waals surface area contributed by atoms with Crippen LogP contribution < -0.4 is 5.43 Å². The van der Waals surface area contributed by atoms with Crippen LogP contribution in [-0.4, -0.2) is 23.2 Å². The van der Waals surface area contributed by atoms with Gasteiger partial charge in [0.05, 0.1) is 23.6 Å². The maximum Gasteiger partial charge on any atom is 0.336 e. The molecule has 1 amide bonds. The van der Waals surface area contributed by atoms with Gasteiger partial charge in [-0.2, -0.15) is 5.10 Å². The molecule has 0 bridgehead atoms. The highest BCUT2D eigenvalue weighted by atomic mass is 16.4. The Morgan fingerprint density at radius 2 is 2.00 bits per heavy atom. The highest BCUT2D eigenvalue weighted by molar-refractivity contribution is 5.99. The van der Waals surface area contributed by atoms with Gasteiger partial charge in [0.15, 0.2) is 0 Å². The quantitative estimate of drug-likeness (QED) is 0.658. The monoisotopic (exact) mass is 272 g/mol. The molecular formula is C14H12N2O4. The van der Waals surface area contributed by atoms with Crippen LogP contribution >= 0.6 is 0 Å². The van der Waals surface area contributed by atoms with E-state index in [4.69, 9.17) is 9.52 Å². The van der Waals surface area contributed by atoms with E-state index in [0.717, 1.165) is 0 Å². The molecule has 2 aromatic rings. The molecular weight excluding hydrogens is 260 g/mol. The van der Waals surface area contributed by atoms with Gasteiger partial charge in [-0.1, -0.05) is 18.2 Å². The van der Waals surface area contributed by atoms with Gasteiger partial charge in [-0.3, -0.25) is 4.79 Å². The summed E-state index contributed by atoms with van der Waals surface area (Å²) in [5.74, 6) is -0.979. The molecule has 6 nitrogen and oxygen atoms in total. The van der Waals surface area contributed by atoms with E-state index in [1.54, 1.807) is 25.1 Å². The predicted molar refractivity (Wildman–Crippen MR) is 71.9 cm³/mol. The summed E-state index contributed by atoms with van der Waals surface area (Å²) >= 11 is 0. The molecule has 0 aliphatic heterocycles. The van der Waals surface area contributed by atoms with Gasteiger partial charge in [-0.25, -0.2) is 10.2 Å². The molecule has 2 N–H and O–H groups in total. The van der Waals surface area contributed by atoms with Crippen LogP contribution in [0.15, 0.2) is 46.1 Å². The second-order valence-electron chi connectivity index (χ2n) is 3.98. The molecule has 1 aromatic carbocycles. The van der Waals surface area contributed by atoms with Crippen molar-refractivity contribution in [1.29, 1.82) is 0 Å². The van der Waals surface area contributed by atoms with Crippen LogP contribution in [0.25, 0.3) is 0 Å². The summed E-state index contributed by atoms with van der Waals surface area (Å²) in [6, 6.07) is 7.91. The Balaban J connectivity index is 2.10.